The molecular weight excluding hydrogens is 268 g/mol. The van der Waals surface area contributed by atoms with Crippen LogP contribution in [-0.2, 0) is 4.79 Å². The predicted octanol–water partition coefficient (Wildman–Crippen LogP) is 1.43. The zero-order valence-electron chi connectivity index (χ0n) is 9.81. The van der Waals surface area contributed by atoms with Crippen LogP contribution in [0.1, 0.15) is 10.4 Å². The Morgan fingerprint density at radius 1 is 1.37 bits per heavy atom. The summed E-state index contributed by atoms with van der Waals surface area (Å²) in [7, 11) is 0. The van der Waals surface area contributed by atoms with Crippen LogP contribution in [0.15, 0.2) is 36.7 Å². The van der Waals surface area contributed by atoms with E-state index >= 15 is 0 Å². The van der Waals surface area contributed by atoms with E-state index in [0.29, 0.717) is 16.3 Å². The fraction of sp³-hybridized carbons (Fsp3) is 0.0833. The summed E-state index contributed by atoms with van der Waals surface area (Å²) >= 11 is 5.78. The van der Waals surface area contributed by atoms with E-state index in [2.05, 4.69) is 20.8 Å². The molecule has 1 aromatic carbocycles. The molecule has 0 aliphatic rings. The summed E-state index contributed by atoms with van der Waals surface area (Å²) in [4.78, 5) is 23.3. The molecule has 2 amide bonds. The first kappa shape index (κ1) is 13.1. The van der Waals surface area contributed by atoms with E-state index in [1.165, 1.54) is 18.5 Å². The molecule has 6 nitrogen and oxygen atoms in total. The van der Waals surface area contributed by atoms with Gasteiger partial charge in [0.15, 0.2) is 0 Å². The van der Waals surface area contributed by atoms with Crippen molar-refractivity contribution in [3.8, 4) is 0 Å². The van der Waals surface area contributed by atoms with E-state index in [4.69, 9.17) is 11.6 Å². The summed E-state index contributed by atoms with van der Waals surface area (Å²) in [5, 5.41) is 11.8. The molecule has 1 aromatic heterocycles. The molecule has 3 N–H and O–H groups in total. The van der Waals surface area contributed by atoms with E-state index < -0.39 is 0 Å². The zero-order chi connectivity index (χ0) is 13.7. The summed E-state index contributed by atoms with van der Waals surface area (Å²) in [6.07, 6.45) is 3.01. The van der Waals surface area contributed by atoms with Crippen LogP contribution in [0.2, 0.25) is 5.02 Å². The van der Waals surface area contributed by atoms with Crippen LogP contribution >= 0.6 is 11.6 Å². The molecule has 7 heteroatoms. The van der Waals surface area contributed by atoms with Crippen molar-refractivity contribution in [3.05, 3.63) is 47.2 Å². The van der Waals surface area contributed by atoms with Crippen molar-refractivity contribution < 1.29 is 9.59 Å². The Labute approximate surface area is 114 Å². The number of amides is 2. The number of aromatic amines is 1. The van der Waals surface area contributed by atoms with Crippen LogP contribution in [0.5, 0.6) is 0 Å². The molecule has 0 atom stereocenters. The minimum atomic E-state index is -0.357. The van der Waals surface area contributed by atoms with Gasteiger partial charge in [-0.1, -0.05) is 17.7 Å². The number of nitrogens with zero attached hydrogens (tertiary/aromatic N) is 1. The van der Waals surface area contributed by atoms with Crippen molar-refractivity contribution in [2.75, 3.05) is 11.9 Å². The molecule has 98 valence electrons. The van der Waals surface area contributed by atoms with Crippen LogP contribution in [0.4, 0.5) is 5.69 Å². The van der Waals surface area contributed by atoms with Gasteiger partial charge in [-0.05, 0) is 18.2 Å². The Morgan fingerprint density at radius 3 is 2.89 bits per heavy atom. The number of halogens is 1. The minimum Gasteiger partial charge on any atom is -0.343 e. The van der Waals surface area contributed by atoms with Gasteiger partial charge < -0.3 is 10.6 Å². The lowest BCUT2D eigenvalue weighted by atomic mass is 10.2. The van der Waals surface area contributed by atoms with Crippen molar-refractivity contribution >= 4 is 29.1 Å². The van der Waals surface area contributed by atoms with Gasteiger partial charge in [0.25, 0.3) is 5.91 Å². The summed E-state index contributed by atoms with van der Waals surface area (Å²) in [5.41, 5.74) is 0.950. The van der Waals surface area contributed by atoms with Crippen molar-refractivity contribution in [3.63, 3.8) is 0 Å². The monoisotopic (exact) mass is 278 g/mol. The minimum absolute atomic E-state index is 0.128. The molecular formula is C12H11ClN4O2. The molecule has 0 unspecified atom stereocenters. The number of carbonyl (C=O) groups is 2. The maximum Gasteiger partial charge on any atom is 0.251 e. The lowest BCUT2D eigenvalue weighted by Gasteiger charge is -2.05. The molecule has 0 aliphatic carbocycles. The first-order valence-corrected chi connectivity index (χ1v) is 5.85. The largest absolute Gasteiger partial charge is 0.343 e. The number of rotatable bonds is 4. The van der Waals surface area contributed by atoms with Crippen LogP contribution in [0.3, 0.4) is 0 Å². The van der Waals surface area contributed by atoms with Crippen LogP contribution in [0, 0.1) is 0 Å². The average Bonchev–Trinajstić information content (AvgIpc) is 2.88. The van der Waals surface area contributed by atoms with Crippen LogP contribution < -0.4 is 10.6 Å². The standard InChI is InChI=1S/C12H11ClN4O2/c13-9-3-1-2-8(4-9)12(19)14-7-11(18)17-10-5-15-16-6-10/h1-6H,7H2,(H,14,19)(H,15,16)(H,17,18). The summed E-state index contributed by atoms with van der Waals surface area (Å²) in [5.74, 6) is -0.693. The van der Waals surface area contributed by atoms with Gasteiger partial charge in [-0.2, -0.15) is 5.10 Å². The number of hydrogen-bond donors (Lipinski definition) is 3. The second-order valence-corrected chi connectivity index (χ2v) is 4.16. The maximum absolute atomic E-state index is 11.7. The summed E-state index contributed by atoms with van der Waals surface area (Å²) < 4.78 is 0. The van der Waals surface area contributed by atoms with E-state index in [1.807, 2.05) is 0 Å². The van der Waals surface area contributed by atoms with Gasteiger partial charge in [-0.15, -0.1) is 0 Å². The number of H-pyrrole nitrogens is 1. The third kappa shape index (κ3) is 3.82. The van der Waals surface area contributed by atoms with E-state index in [0.717, 1.165) is 0 Å². The highest BCUT2D eigenvalue weighted by Gasteiger charge is 2.08. The van der Waals surface area contributed by atoms with Crippen molar-refractivity contribution in [1.82, 2.24) is 15.5 Å². The molecule has 19 heavy (non-hydrogen) atoms. The van der Waals surface area contributed by atoms with Crippen LogP contribution in [-0.4, -0.2) is 28.6 Å². The van der Waals surface area contributed by atoms with E-state index in [-0.39, 0.29) is 18.4 Å². The molecule has 2 aromatic rings. The molecule has 0 radical (unpaired) electrons. The fourth-order valence-corrected chi connectivity index (χ4v) is 1.61. The maximum atomic E-state index is 11.7. The van der Waals surface area contributed by atoms with Gasteiger partial charge in [0, 0.05) is 16.8 Å². The quantitative estimate of drug-likeness (QED) is 0.791. The zero-order valence-corrected chi connectivity index (χ0v) is 10.6. The number of aromatic nitrogens is 2. The second kappa shape index (κ2) is 6.01. The topological polar surface area (TPSA) is 86.9 Å². The predicted molar refractivity (Wildman–Crippen MR) is 71.0 cm³/mol. The van der Waals surface area contributed by atoms with Gasteiger partial charge >= 0.3 is 0 Å². The molecule has 0 spiro atoms. The highest BCUT2D eigenvalue weighted by molar-refractivity contribution is 6.31. The third-order valence-electron chi connectivity index (χ3n) is 2.28. The van der Waals surface area contributed by atoms with Gasteiger partial charge in [0.2, 0.25) is 5.91 Å². The average molecular weight is 279 g/mol. The Bertz CT molecular complexity index is 583. The van der Waals surface area contributed by atoms with Crippen LogP contribution in [0.25, 0.3) is 0 Å². The van der Waals surface area contributed by atoms with E-state index in [1.54, 1.807) is 18.2 Å². The highest BCUT2D eigenvalue weighted by atomic mass is 35.5. The number of nitrogens with one attached hydrogen (secondary N) is 3. The molecule has 0 fully saturated rings. The Hall–Kier alpha value is -2.34. The van der Waals surface area contributed by atoms with Crippen molar-refractivity contribution in [1.29, 1.82) is 0 Å². The molecule has 0 bridgehead atoms. The lowest BCUT2D eigenvalue weighted by molar-refractivity contribution is -0.115. The molecule has 0 aliphatic heterocycles. The smallest absolute Gasteiger partial charge is 0.251 e. The Morgan fingerprint density at radius 2 is 2.21 bits per heavy atom. The third-order valence-corrected chi connectivity index (χ3v) is 2.51. The summed E-state index contributed by atoms with van der Waals surface area (Å²) in [6, 6.07) is 6.49. The normalized spacial score (nSPS) is 9.95. The fourth-order valence-electron chi connectivity index (χ4n) is 1.42. The SMILES string of the molecule is O=C(CNC(=O)c1cccc(Cl)c1)Nc1cn[nH]c1. The first-order chi connectivity index (χ1) is 9.15. The number of carbonyl (C=O) groups excluding carboxylic acids is 2. The molecule has 1 heterocycles. The lowest BCUT2D eigenvalue weighted by Crippen LogP contribution is -2.32. The number of hydrogen-bond acceptors (Lipinski definition) is 3. The van der Waals surface area contributed by atoms with Gasteiger partial charge in [0.05, 0.1) is 18.4 Å². The Kier molecular flexibility index (Phi) is 4.15. The summed E-state index contributed by atoms with van der Waals surface area (Å²) in [6.45, 7) is -0.128. The molecule has 0 saturated carbocycles. The van der Waals surface area contributed by atoms with Gasteiger partial charge in [-0.25, -0.2) is 0 Å². The second-order valence-electron chi connectivity index (χ2n) is 3.73. The van der Waals surface area contributed by atoms with Crippen molar-refractivity contribution in [2.45, 2.75) is 0 Å². The highest BCUT2D eigenvalue weighted by Crippen LogP contribution is 2.10. The first-order valence-electron chi connectivity index (χ1n) is 5.47. The molecule has 2 rings (SSSR count). The number of anilines is 1. The number of benzene rings is 1. The van der Waals surface area contributed by atoms with Crippen molar-refractivity contribution in [2.24, 2.45) is 0 Å². The Balaban J connectivity index is 1.85. The molecule has 0 saturated heterocycles. The van der Waals surface area contributed by atoms with Gasteiger partial charge in [-0.3, -0.25) is 14.7 Å². The van der Waals surface area contributed by atoms with Gasteiger partial charge in [0.1, 0.15) is 0 Å². The van der Waals surface area contributed by atoms with E-state index in [9.17, 15) is 9.59 Å².